The lowest BCUT2D eigenvalue weighted by molar-refractivity contribution is -0.142. The largest absolute Gasteiger partial charge is 0.496 e. The number of unbranched alkanes of at least 4 members (excludes halogenated alkanes) is 1. The minimum absolute atomic E-state index is 0.000155. The lowest BCUT2D eigenvalue weighted by Gasteiger charge is -2.21. The highest BCUT2D eigenvalue weighted by atomic mass is 31.2. The molecule has 34 heavy (non-hydrogen) atoms. The Morgan fingerprint density at radius 1 is 0.941 bits per heavy atom. The second-order valence-corrected chi connectivity index (χ2v) is 10.8. The fourth-order valence-electron chi connectivity index (χ4n) is 3.68. The van der Waals surface area contributed by atoms with Gasteiger partial charge in [-0.1, -0.05) is 63.4 Å². The number of benzene rings is 2. The topological polar surface area (TPSA) is 88.1 Å². The fourth-order valence-corrected chi connectivity index (χ4v) is 5.93. The Balaban J connectivity index is 2.43. The van der Waals surface area contributed by atoms with Gasteiger partial charge in [-0.3, -0.25) is 9.59 Å². The molecule has 0 aliphatic heterocycles. The van der Waals surface area contributed by atoms with Crippen LogP contribution in [-0.2, 0) is 14.1 Å². The van der Waals surface area contributed by atoms with E-state index in [2.05, 4.69) is 13.8 Å². The zero-order valence-electron chi connectivity index (χ0n) is 20.7. The van der Waals surface area contributed by atoms with Gasteiger partial charge in [-0.2, -0.15) is 0 Å². The summed E-state index contributed by atoms with van der Waals surface area (Å²) in [5.41, 5.74) is -0.731. The third-order valence-corrected chi connectivity index (χ3v) is 8.52. The van der Waals surface area contributed by atoms with E-state index >= 15 is 0 Å². The van der Waals surface area contributed by atoms with Crippen molar-refractivity contribution in [1.82, 2.24) is 0 Å². The van der Waals surface area contributed by atoms with Crippen molar-refractivity contribution in [2.45, 2.75) is 39.5 Å². The van der Waals surface area contributed by atoms with Gasteiger partial charge in [0.05, 0.1) is 27.9 Å². The number of hydrogen-bond acceptors (Lipinski definition) is 7. The van der Waals surface area contributed by atoms with Gasteiger partial charge in [0, 0.05) is 17.4 Å². The molecular weight excluding hydrogens is 455 g/mol. The van der Waals surface area contributed by atoms with Gasteiger partial charge in [0.25, 0.3) is 0 Å². The van der Waals surface area contributed by atoms with Crippen LogP contribution < -0.4 is 19.5 Å². The van der Waals surface area contributed by atoms with Gasteiger partial charge in [-0.15, -0.1) is 0 Å². The maximum Gasteiger partial charge on any atom is 0.314 e. The van der Waals surface area contributed by atoms with Crippen LogP contribution in [0.4, 0.5) is 0 Å². The monoisotopic (exact) mass is 490 g/mol. The van der Waals surface area contributed by atoms with Gasteiger partial charge >= 0.3 is 5.97 Å². The first-order valence-electron chi connectivity index (χ1n) is 11.5. The maximum atomic E-state index is 14.3. The molecule has 0 spiro atoms. The molecule has 0 aromatic heterocycles. The summed E-state index contributed by atoms with van der Waals surface area (Å²) in [5.74, 6) is 0.281. The molecule has 0 N–H and O–H groups in total. The van der Waals surface area contributed by atoms with Gasteiger partial charge in [0.1, 0.15) is 29.0 Å². The molecule has 0 radical (unpaired) electrons. The Bertz CT molecular complexity index is 978. The van der Waals surface area contributed by atoms with E-state index in [1.54, 1.807) is 30.3 Å². The van der Waals surface area contributed by atoms with E-state index in [9.17, 15) is 14.2 Å². The molecule has 0 fully saturated rings. The van der Waals surface area contributed by atoms with Crippen LogP contribution in [0.25, 0.3) is 0 Å². The van der Waals surface area contributed by atoms with Gasteiger partial charge in [0.2, 0.25) is 5.52 Å². The summed E-state index contributed by atoms with van der Waals surface area (Å²) in [5, 5.41) is 0.273. The zero-order chi connectivity index (χ0) is 25.1. The van der Waals surface area contributed by atoms with Crippen molar-refractivity contribution in [2.75, 3.05) is 34.1 Å². The fraction of sp³-hybridized carbons (Fsp3) is 0.462. The number of hydrogen-bond donors (Lipinski definition) is 0. The van der Waals surface area contributed by atoms with Crippen molar-refractivity contribution in [2.24, 2.45) is 5.92 Å². The molecule has 186 valence electrons. The van der Waals surface area contributed by atoms with Gasteiger partial charge in [-0.25, -0.2) is 0 Å². The molecule has 2 aromatic carbocycles. The van der Waals surface area contributed by atoms with Crippen LogP contribution in [0.1, 0.15) is 49.9 Å². The summed E-state index contributed by atoms with van der Waals surface area (Å²) in [7, 11) is 0.322. The molecule has 0 saturated carbocycles. The van der Waals surface area contributed by atoms with Gasteiger partial charge in [0.15, 0.2) is 7.14 Å². The summed E-state index contributed by atoms with van der Waals surface area (Å²) in [6, 6.07) is 11.3. The molecule has 8 heteroatoms. The minimum Gasteiger partial charge on any atom is -0.496 e. The molecule has 0 aliphatic rings. The number of methoxy groups -OCH3 is 3. The van der Waals surface area contributed by atoms with Crippen LogP contribution in [0.3, 0.4) is 0 Å². The van der Waals surface area contributed by atoms with Crippen LogP contribution >= 0.6 is 7.14 Å². The Morgan fingerprint density at radius 3 is 2.06 bits per heavy atom. The van der Waals surface area contributed by atoms with Crippen molar-refractivity contribution >= 4 is 23.9 Å². The predicted molar refractivity (Wildman–Crippen MR) is 133 cm³/mol. The molecule has 2 aromatic rings. The number of carbonyl (C=O) groups is 2. The molecule has 0 heterocycles. The van der Waals surface area contributed by atoms with Gasteiger partial charge < -0.3 is 23.5 Å². The molecule has 2 atom stereocenters. The summed E-state index contributed by atoms with van der Waals surface area (Å²) in [4.78, 5) is 26.7. The minimum atomic E-state index is -3.95. The molecule has 0 aliphatic carbocycles. The quantitative estimate of drug-likeness (QED) is 0.262. The van der Waals surface area contributed by atoms with E-state index in [1.165, 1.54) is 33.5 Å². The van der Waals surface area contributed by atoms with E-state index in [0.29, 0.717) is 5.75 Å². The first-order chi connectivity index (χ1) is 16.3. The molecular formula is C26H35O7P. The number of carbonyl (C=O) groups excluding carboxylic acids is 2. The maximum absolute atomic E-state index is 14.3. The van der Waals surface area contributed by atoms with Crippen LogP contribution in [0.15, 0.2) is 42.5 Å². The second kappa shape index (κ2) is 13.2. The number of ether oxygens (including phenoxy) is 4. The Morgan fingerprint density at radius 2 is 1.56 bits per heavy atom. The summed E-state index contributed by atoms with van der Waals surface area (Å²) >= 11 is 0. The van der Waals surface area contributed by atoms with Crippen LogP contribution in [0.5, 0.6) is 17.2 Å². The molecule has 0 bridgehead atoms. The van der Waals surface area contributed by atoms with E-state index in [-0.39, 0.29) is 34.9 Å². The van der Waals surface area contributed by atoms with Crippen molar-refractivity contribution in [3.05, 3.63) is 48.0 Å². The van der Waals surface area contributed by atoms with Crippen molar-refractivity contribution in [1.29, 1.82) is 0 Å². The van der Waals surface area contributed by atoms with E-state index in [0.717, 1.165) is 25.7 Å². The Hall–Kier alpha value is -2.79. The molecule has 2 unspecified atom stereocenters. The van der Waals surface area contributed by atoms with Crippen molar-refractivity contribution < 1.29 is 33.1 Å². The smallest absolute Gasteiger partial charge is 0.314 e. The van der Waals surface area contributed by atoms with Gasteiger partial charge in [-0.05, 0) is 12.3 Å². The third-order valence-electron chi connectivity index (χ3n) is 5.81. The third kappa shape index (κ3) is 6.63. The Kier molecular flexibility index (Phi) is 10.6. The lowest BCUT2D eigenvalue weighted by Crippen LogP contribution is -2.24. The summed E-state index contributed by atoms with van der Waals surface area (Å²) in [6.07, 6.45) is 3.40. The number of rotatable bonds is 14. The highest BCUT2D eigenvalue weighted by Gasteiger charge is 2.41. The standard InChI is InChI=1S/C26H35O7P/c1-6-8-12-19(7-2)17-33-24(27)18-34(29,21-13-10-9-11-14-21)26(28)25-22(31-4)15-20(30-3)16-23(25)32-5/h9-11,13-16,19H,6-8,12,17-18H2,1-5H3. The SMILES string of the molecule is CCCCC(CC)COC(=O)CP(=O)(C(=O)c1c(OC)cc(OC)cc1OC)c1ccccc1. The number of esters is 1. The van der Waals surface area contributed by atoms with E-state index in [4.69, 9.17) is 18.9 Å². The van der Waals surface area contributed by atoms with E-state index < -0.39 is 24.8 Å². The van der Waals surface area contributed by atoms with Crippen LogP contribution in [0.2, 0.25) is 0 Å². The first-order valence-corrected chi connectivity index (χ1v) is 13.4. The molecule has 0 amide bonds. The highest BCUT2D eigenvalue weighted by Crippen LogP contribution is 2.51. The van der Waals surface area contributed by atoms with Crippen LogP contribution in [-0.4, -0.2) is 45.6 Å². The predicted octanol–water partition coefficient (Wildman–Crippen LogP) is 5.30. The molecule has 7 nitrogen and oxygen atoms in total. The van der Waals surface area contributed by atoms with E-state index in [1.807, 2.05) is 0 Å². The van der Waals surface area contributed by atoms with Crippen molar-refractivity contribution in [3.63, 3.8) is 0 Å². The lowest BCUT2D eigenvalue weighted by atomic mass is 10.0. The summed E-state index contributed by atoms with van der Waals surface area (Å²) < 4.78 is 35.9. The average molecular weight is 491 g/mol. The normalized spacial score (nSPS) is 13.4. The second-order valence-electron chi connectivity index (χ2n) is 8.04. The summed E-state index contributed by atoms with van der Waals surface area (Å²) in [6.45, 7) is 4.41. The van der Waals surface area contributed by atoms with Crippen molar-refractivity contribution in [3.8, 4) is 17.2 Å². The van der Waals surface area contributed by atoms with Crippen LogP contribution in [0, 0.1) is 5.92 Å². The average Bonchev–Trinajstić information content (AvgIpc) is 2.87. The highest BCUT2D eigenvalue weighted by molar-refractivity contribution is 7.88. The molecule has 0 saturated heterocycles. The first kappa shape index (κ1) is 27.5. The molecule has 2 rings (SSSR count). The zero-order valence-corrected chi connectivity index (χ0v) is 21.6. The Labute approximate surface area is 202 Å².